The summed E-state index contributed by atoms with van der Waals surface area (Å²) in [6.07, 6.45) is 3.95. The molecule has 1 heterocycles. The molecule has 0 aromatic heterocycles. The fourth-order valence-electron chi connectivity index (χ4n) is 1.49. The third kappa shape index (κ3) is 5.97. The Kier molecular flexibility index (Phi) is 6.54. The lowest BCUT2D eigenvalue weighted by molar-refractivity contribution is 0.171. The maximum Gasteiger partial charge on any atom is 0.405 e. The first-order valence-electron chi connectivity index (χ1n) is 5.91. The third-order valence-corrected chi connectivity index (χ3v) is 4.05. The van der Waals surface area contributed by atoms with Crippen molar-refractivity contribution >= 4 is 7.75 Å². The van der Waals surface area contributed by atoms with Crippen LogP contribution < -0.4 is 5.09 Å². The highest BCUT2D eigenvalue weighted by atomic mass is 31.2. The second-order valence-corrected chi connectivity index (χ2v) is 6.12. The zero-order chi connectivity index (χ0) is 11.9. The van der Waals surface area contributed by atoms with Gasteiger partial charge in [-0.05, 0) is 46.3 Å². The molecule has 0 amide bonds. The number of nitrogens with one attached hydrogen (secondary N) is 1. The molecule has 0 saturated carbocycles. The first kappa shape index (κ1) is 14.1. The minimum atomic E-state index is -3.01. The van der Waals surface area contributed by atoms with Crippen LogP contribution in [0.3, 0.4) is 0 Å². The summed E-state index contributed by atoms with van der Waals surface area (Å²) in [7, 11) is 1.02. The quantitative estimate of drug-likeness (QED) is 0.596. The largest absolute Gasteiger partial charge is 0.405 e. The van der Waals surface area contributed by atoms with Gasteiger partial charge in [0.15, 0.2) is 0 Å². The Hall–Kier alpha value is 0.0700. The van der Waals surface area contributed by atoms with Gasteiger partial charge in [0.25, 0.3) is 0 Å². The molecule has 1 N–H and O–H groups in total. The second kappa shape index (κ2) is 7.41. The molecular weight excluding hydrogens is 227 g/mol. The Morgan fingerprint density at radius 2 is 1.81 bits per heavy atom. The molecule has 0 bridgehead atoms. The maximum atomic E-state index is 12.1. The van der Waals surface area contributed by atoms with Crippen LogP contribution in [0.2, 0.25) is 0 Å². The van der Waals surface area contributed by atoms with E-state index in [0.29, 0.717) is 19.8 Å². The second-order valence-electron chi connectivity index (χ2n) is 4.29. The molecule has 1 aliphatic rings. The van der Waals surface area contributed by atoms with Crippen molar-refractivity contribution in [3.8, 4) is 0 Å². The van der Waals surface area contributed by atoms with E-state index in [9.17, 15) is 4.57 Å². The summed E-state index contributed by atoms with van der Waals surface area (Å²) in [4.78, 5) is 2.09. The monoisotopic (exact) mass is 250 g/mol. The molecule has 1 saturated heterocycles. The van der Waals surface area contributed by atoms with Crippen LogP contribution >= 0.6 is 7.75 Å². The summed E-state index contributed by atoms with van der Waals surface area (Å²) < 4.78 is 22.7. The summed E-state index contributed by atoms with van der Waals surface area (Å²) in [6.45, 7) is 2.68. The summed E-state index contributed by atoms with van der Waals surface area (Å²) in [5.74, 6) is 0. The third-order valence-electron chi connectivity index (χ3n) is 2.40. The highest BCUT2D eigenvalue weighted by molar-refractivity contribution is 7.51. The standard InChI is InChI=1S/C10H23N2O3P/c1-12(2)8-6-7-11-16(13)14-9-4-3-5-10-15-16/h3-10H2,1-2H3,(H,11,13). The molecular formula is C10H23N2O3P. The fraction of sp³-hybridized carbons (Fsp3) is 1.00. The Labute approximate surface area is 98.1 Å². The lowest BCUT2D eigenvalue weighted by Crippen LogP contribution is -2.22. The lowest BCUT2D eigenvalue weighted by Gasteiger charge is -2.21. The first-order chi connectivity index (χ1) is 7.62. The molecule has 0 spiro atoms. The Bertz CT molecular complexity index is 224. The van der Waals surface area contributed by atoms with Gasteiger partial charge in [0.2, 0.25) is 0 Å². The summed E-state index contributed by atoms with van der Waals surface area (Å²) >= 11 is 0. The van der Waals surface area contributed by atoms with E-state index < -0.39 is 7.75 Å². The number of rotatable bonds is 5. The van der Waals surface area contributed by atoms with E-state index >= 15 is 0 Å². The molecule has 0 aromatic rings. The highest BCUT2D eigenvalue weighted by Crippen LogP contribution is 2.44. The molecule has 5 nitrogen and oxygen atoms in total. The van der Waals surface area contributed by atoms with Crippen LogP contribution in [0.5, 0.6) is 0 Å². The van der Waals surface area contributed by atoms with Crippen molar-refractivity contribution in [1.29, 1.82) is 0 Å². The predicted octanol–water partition coefficient (Wildman–Crippen LogP) is 1.85. The van der Waals surface area contributed by atoms with Crippen molar-refractivity contribution < 1.29 is 13.6 Å². The average Bonchev–Trinajstić information content (AvgIpc) is 2.19. The van der Waals surface area contributed by atoms with Crippen LogP contribution in [0, 0.1) is 0 Å². The van der Waals surface area contributed by atoms with E-state index in [1.54, 1.807) is 0 Å². The van der Waals surface area contributed by atoms with Crippen LogP contribution in [0.4, 0.5) is 0 Å². The molecule has 0 atom stereocenters. The van der Waals surface area contributed by atoms with Crippen molar-refractivity contribution in [3.05, 3.63) is 0 Å². The van der Waals surface area contributed by atoms with Crippen LogP contribution in [-0.2, 0) is 13.6 Å². The van der Waals surface area contributed by atoms with E-state index in [1.165, 1.54) is 0 Å². The van der Waals surface area contributed by atoms with Gasteiger partial charge in [-0.25, -0.2) is 9.65 Å². The van der Waals surface area contributed by atoms with Gasteiger partial charge in [-0.15, -0.1) is 0 Å². The van der Waals surface area contributed by atoms with E-state index in [1.807, 2.05) is 14.1 Å². The van der Waals surface area contributed by atoms with Gasteiger partial charge in [-0.1, -0.05) is 0 Å². The number of nitrogens with zero attached hydrogens (tertiary/aromatic N) is 1. The zero-order valence-electron chi connectivity index (χ0n) is 10.3. The normalized spacial score (nSPS) is 21.7. The Morgan fingerprint density at radius 3 is 2.38 bits per heavy atom. The van der Waals surface area contributed by atoms with Gasteiger partial charge < -0.3 is 4.90 Å². The Morgan fingerprint density at radius 1 is 1.19 bits per heavy atom. The Balaban J connectivity index is 2.23. The predicted molar refractivity (Wildman–Crippen MR) is 64.5 cm³/mol. The SMILES string of the molecule is CN(C)CCCNP1(=O)OCCCCCO1. The fourth-order valence-corrected chi connectivity index (χ4v) is 2.92. The molecule has 0 radical (unpaired) electrons. The van der Waals surface area contributed by atoms with Crippen molar-refractivity contribution in [2.24, 2.45) is 0 Å². The van der Waals surface area contributed by atoms with Gasteiger partial charge >= 0.3 is 7.75 Å². The van der Waals surface area contributed by atoms with Crippen molar-refractivity contribution in [1.82, 2.24) is 9.99 Å². The zero-order valence-corrected chi connectivity index (χ0v) is 11.2. The molecule has 1 rings (SSSR count). The molecule has 16 heavy (non-hydrogen) atoms. The maximum absolute atomic E-state index is 12.1. The van der Waals surface area contributed by atoms with Crippen molar-refractivity contribution in [2.45, 2.75) is 25.7 Å². The van der Waals surface area contributed by atoms with E-state index in [4.69, 9.17) is 9.05 Å². The smallest absolute Gasteiger partial charge is 0.309 e. The summed E-state index contributed by atoms with van der Waals surface area (Å²) in [5, 5.41) is 2.91. The molecule has 0 aromatic carbocycles. The lowest BCUT2D eigenvalue weighted by atomic mass is 10.2. The molecule has 1 aliphatic heterocycles. The van der Waals surface area contributed by atoms with E-state index in [0.717, 1.165) is 32.2 Å². The average molecular weight is 250 g/mol. The van der Waals surface area contributed by atoms with Gasteiger partial charge in [0.1, 0.15) is 0 Å². The van der Waals surface area contributed by atoms with E-state index in [2.05, 4.69) is 9.99 Å². The van der Waals surface area contributed by atoms with Crippen LogP contribution in [-0.4, -0.2) is 45.3 Å². The summed E-state index contributed by atoms with van der Waals surface area (Å²) in [5.41, 5.74) is 0. The van der Waals surface area contributed by atoms with Gasteiger partial charge in [0, 0.05) is 6.54 Å². The van der Waals surface area contributed by atoms with E-state index in [-0.39, 0.29) is 0 Å². The summed E-state index contributed by atoms with van der Waals surface area (Å²) in [6, 6.07) is 0. The topological polar surface area (TPSA) is 50.8 Å². The van der Waals surface area contributed by atoms with Crippen LogP contribution in [0.1, 0.15) is 25.7 Å². The highest BCUT2D eigenvalue weighted by Gasteiger charge is 2.24. The van der Waals surface area contributed by atoms with Crippen LogP contribution in [0.25, 0.3) is 0 Å². The van der Waals surface area contributed by atoms with Gasteiger partial charge in [0.05, 0.1) is 13.2 Å². The molecule has 6 heteroatoms. The van der Waals surface area contributed by atoms with Crippen molar-refractivity contribution in [3.63, 3.8) is 0 Å². The molecule has 0 unspecified atom stereocenters. The van der Waals surface area contributed by atoms with Gasteiger partial charge in [-0.2, -0.15) is 0 Å². The minimum absolute atomic E-state index is 0.526. The number of hydrogen-bond acceptors (Lipinski definition) is 4. The minimum Gasteiger partial charge on any atom is -0.309 e. The molecule has 96 valence electrons. The van der Waals surface area contributed by atoms with Gasteiger partial charge in [-0.3, -0.25) is 9.05 Å². The first-order valence-corrected chi connectivity index (χ1v) is 7.46. The molecule has 1 fully saturated rings. The van der Waals surface area contributed by atoms with Crippen LogP contribution in [0.15, 0.2) is 0 Å². The molecule has 0 aliphatic carbocycles. The number of hydrogen-bond donors (Lipinski definition) is 1. The van der Waals surface area contributed by atoms with Crippen molar-refractivity contribution in [2.75, 3.05) is 40.4 Å².